The van der Waals surface area contributed by atoms with E-state index in [2.05, 4.69) is 4.74 Å². The number of methoxy groups -OCH3 is 2. The topological polar surface area (TPSA) is 108 Å². The lowest BCUT2D eigenvalue weighted by atomic mass is 10.2. The molecule has 1 aromatic carbocycles. The minimum Gasteiger partial charge on any atom is -0.493 e. The Kier molecular flexibility index (Phi) is 7.44. The Morgan fingerprint density at radius 2 is 1.89 bits per heavy atom. The molecular weight excluding hydrogens is 390 g/mol. The zero-order chi connectivity index (χ0) is 20.7. The molecule has 0 saturated carbocycles. The van der Waals surface area contributed by atoms with Crippen LogP contribution in [0, 0.1) is 0 Å². The first kappa shape index (κ1) is 21.3. The molecule has 1 heterocycles. The highest BCUT2D eigenvalue weighted by Crippen LogP contribution is 2.34. The minimum atomic E-state index is -0.687. The van der Waals surface area contributed by atoms with Crippen LogP contribution in [0.5, 0.6) is 11.5 Å². The standard InChI is InChI=1S/C18H19NO8S/c1-4-26-16(21)10-27-12-6-5-11(7-13(12)24-2)8-14-17(22)19(18(23)28-14)9-15(20)25-3/h5-8H,4,9-10H2,1-3H3. The van der Waals surface area contributed by atoms with Crippen molar-refractivity contribution in [2.24, 2.45) is 0 Å². The van der Waals surface area contributed by atoms with E-state index in [1.807, 2.05) is 0 Å². The lowest BCUT2D eigenvalue weighted by Gasteiger charge is -2.11. The quantitative estimate of drug-likeness (QED) is 0.469. The number of carbonyl (C=O) groups excluding carboxylic acids is 4. The highest BCUT2D eigenvalue weighted by atomic mass is 32.2. The number of hydrogen-bond acceptors (Lipinski definition) is 9. The summed E-state index contributed by atoms with van der Waals surface area (Å²) >= 11 is 0.724. The maximum absolute atomic E-state index is 12.3. The van der Waals surface area contributed by atoms with Gasteiger partial charge >= 0.3 is 11.9 Å². The lowest BCUT2D eigenvalue weighted by Crippen LogP contribution is -2.34. The van der Waals surface area contributed by atoms with Crippen molar-refractivity contribution >= 4 is 40.9 Å². The Morgan fingerprint density at radius 3 is 2.54 bits per heavy atom. The van der Waals surface area contributed by atoms with E-state index in [-0.39, 0.29) is 18.1 Å². The van der Waals surface area contributed by atoms with Gasteiger partial charge in [-0.1, -0.05) is 6.07 Å². The van der Waals surface area contributed by atoms with Crippen LogP contribution in [0.1, 0.15) is 12.5 Å². The molecule has 2 rings (SSSR count). The van der Waals surface area contributed by atoms with Gasteiger partial charge in [-0.25, -0.2) is 4.79 Å². The van der Waals surface area contributed by atoms with Gasteiger partial charge in [-0.3, -0.25) is 19.3 Å². The molecule has 0 radical (unpaired) electrons. The molecular formula is C18H19NO8S. The Morgan fingerprint density at radius 1 is 1.14 bits per heavy atom. The smallest absolute Gasteiger partial charge is 0.344 e. The fourth-order valence-corrected chi connectivity index (χ4v) is 3.05. The third-order valence-electron chi connectivity index (χ3n) is 3.52. The summed E-state index contributed by atoms with van der Waals surface area (Å²) in [6.45, 7) is 1.24. The molecule has 28 heavy (non-hydrogen) atoms. The number of esters is 2. The minimum absolute atomic E-state index is 0.163. The van der Waals surface area contributed by atoms with E-state index in [0.717, 1.165) is 16.7 Å². The molecule has 0 bridgehead atoms. The Hall–Kier alpha value is -3.01. The molecule has 1 saturated heterocycles. The van der Waals surface area contributed by atoms with E-state index in [1.165, 1.54) is 20.3 Å². The van der Waals surface area contributed by atoms with Crippen LogP contribution in [-0.2, 0) is 23.9 Å². The molecule has 1 aliphatic heterocycles. The van der Waals surface area contributed by atoms with Gasteiger partial charge in [0.05, 0.1) is 25.7 Å². The fraction of sp³-hybridized carbons (Fsp3) is 0.333. The van der Waals surface area contributed by atoms with Crippen molar-refractivity contribution in [3.05, 3.63) is 28.7 Å². The average molecular weight is 409 g/mol. The number of benzene rings is 1. The summed E-state index contributed by atoms with van der Waals surface area (Å²) in [5.74, 6) is -1.11. The molecule has 0 aliphatic carbocycles. The summed E-state index contributed by atoms with van der Waals surface area (Å²) in [6.07, 6.45) is 1.50. The van der Waals surface area contributed by atoms with Crippen molar-refractivity contribution in [3.8, 4) is 11.5 Å². The fourth-order valence-electron chi connectivity index (χ4n) is 2.21. The van der Waals surface area contributed by atoms with Crippen molar-refractivity contribution < 1.29 is 38.1 Å². The van der Waals surface area contributed by atoms with Crippen LogP contribution in [0.15, 0.2) is 23.1 Å². The highest BCUT2D eigenvalue weighted by molar-refractivity contribution is 8.18. The van der Waals surface area contributed by atoms with Gasteiger partial charge in [0.15, 0.2) is 18.1 Å². The van der Waals surface area contributed by atoms with Gasteiger partial charge in [-0.15, -0.1) is 0 Å². The lowest BCUT2D eigenvalue weighted by molar-refractivity contribution is -0.145. The predicted octanol–water partition coefficient (Wildman–Crippen LogP) is 1.85. The molecule has 2 amide bonds. The molecule has 0 atom stereocenters. The Labute approximate surface area is 165 Å². The maximum atomic E-state index is 12.3. The first-order valence-electron chi connectivity index (χ1n) is 8.18. The monoisotopic (exact) mass is 409 g/mol. The summed E-state index contributed by atoms with van der Waals surface area (Å²) in [4.78, 5) is 48.0. The van der Waals surface area contributed by atoms with Crippen molar-refractivity contribution in [1.82, 2.24) is 4.90 Å². The van der Waals surface area contributed by atoms with Crippen molar-refractivity contribution in [2.75, 3.05) is 34.0 Å². The zero-order valence-corrected chi connectivity index (χ0v) is 16.4. The van der Waals surface area contributed by atoms with Crippen LogP contribution in [0.4, 0.5) is 4.79 Å². The first-order valence-corrected chi connectivity index (χ1v) is 8.99. The van der Waals surface area contributed by atoms with Crippen LogP contribution in [0.3, 0.4) is 0 Å². The number of carbonyl (C=O) groups is 4. The number of nitrogens with zero attached hydrogens (tertiary/aromatic N) is 1. The van der Waals surface area contributed by atoms with Gasteiger partial charge in [-0.05, 0) is 42.5 Å². The summed E-state index contributed by atoms with van der Waals surface area (Å²) in [5, 5.41) is -0.553. The number of thioether (sulfide) groups is 1. The second-order valence-corrected chi connectivity index (χ2v) is 6.34. The number of ether oxygens (including phenoxy) is 4. The summed E-state index contributed by atoms with van der Waals surface area (Å²) in [7, 11) is 2.61. The van der Waals surface area contributed by atoms with E-state index < -0.39 is 29.6 Å². The number of amides is 2. The molecule has 9 nitrogen and oxygen atoms in total. The first-order chi connectivity index (χ1) is 13.4. The number of rotatable bonds is 8. The second kappa shape index (κ2) is 9.79. The molecule has 0 unspecified atom stereocenters. The average Bonchev–Trinajstić information content (AvgIpc) is 2.94. The van der Waals surface area contributed by atoms with Crippen LogP contribution in [0.2, 0.25) is 0 Å². The van der Waals surface area contributed by atoms with Crippen LogP contribution < -0.4 is 9.47 Å². The van der Waals surface area contributed by atoms with Crippen LogP contribution in [0.25, 0.3) is 6.08 Å². The zero-order valence-electron chi connectivity index (χ0n) is 15.6. The van der Waals surface area contributed by atoms with E-state index >= 15 is 0 Å². The van der Waals surface area contributed by atoms with Crippen LogP contribution >= 0.6 is 11.8 Å². The normalized spacial score (nSPS) is 15.0. The van der Waals surface area contributed by atoms with E-state index in [9.17, 15) is 19.2 Å². The van der Waals surface area contributed by atoms with Gasteiger partial charge in [0, 0.05) is 0 Å². The predicted molar refractivity (Wildman–Crippen MR) is 99.8 cm³/mol. The third-order valence-corrected chi connectivity index (χ3v) is 4.43. The van der Waals surface area contributed by atoms with Gasteiger partial charge in [0.1, 0.15) is 6.54 Å². The molecule has 1 fully saturated rings. The Balaban J connectivity index is 2.15. The summed E-state index contributed by atoms with van der Waals surface area (Å²) < 4.78 is 19.9. The number of imide groups is 1. The number of hydrogen-bond donors (Lipinski definition) is 0. The summed E-state index contributed by atoms with van der Waals surface area (Å²) in [5.41, 5.74) is 0.573. The molecule has 1 aromatic rings. The van der Waals surface area contributed by atoms with Crippen molar-refractivity contribution in [1.29, 1.82) is 0 Å². The molecule has 0 N–H and O–H groups in total. The highest BCUT2D eigenvalue weighted by Gasteiger charge is 2.36. The maximum Gasteiger partial charge on any atom is 0.344 e. The largest absolute Gasteiger partial charge is 0.493 e. The Bertz CT molecular complexity index is 820. The van der Waals surface area contributed by atoms with Crippen molar-refractivity contribution in [3.63, 3.8) is 0 Å². The van der Waals surface area contributed by atoms with Crippen molar-refractivity contribution in [2.45, 2.75) is 6.92 Å². The SMILES string of the molecule is CCOC(=O)COc1ccc(C=C2SC(=O)N(CC(=O)OC)C2=O)cc1OC. The molecule has 0 spiro atoms. The van der Waals surface area contributed by atoms with Gasteiger partial charge < -0.3 is 18.9 Å². The summed E-state index contributed by atoms with van der Waals surface area (Å²) in [6, 6.07) is 4.80. The molecule has 150 valence electrons. The van der Waals surface area contributed by atoms with E-state index in [4.69, 9.17) is 14.2 Å². The molecule has 1 aliphatic rings. The van der Waals surface area contributed by atoms with Gasteiger partial charge in [0.2, 0.25) is 0 Å². The molecule has 10 heteroatoms. The van der Waals surface area contributed by atoms with Gasteiger partial charge in [-0.2, -0.15) is 0 Å². The van der Waals surface area contributed by atoms with E-state index in [1.54, 1.807) is 25.1 Å². The second-order valence-electron chi connectivity index (χ2n) is 5.35. The third kappa shape index (κ3) is 5.26. The molecule has 0 aromatic heterocycles. The van der Waals surface area contributed by atoms with E-state index in [0.29, 0.717) is 17.1 Å². The van der Waals surface area contributed by atoms with Gasteiger partial charge in [0.25, 0.3) is 11.1 Å². The van der Waals surface area contributed by atoms with Crippen LogP contribution in [-0.4, -0.2) is 62.0 Å².